The van der Waals surface area contributed by atoms with Crippen LogP contribution in [0.1, 0.15) is 10.4 Å². The van der Waals surface area contributed by atoms with Crippen molar-refractivity contribution in [1.82, 2.24) is 10.2 Å². The van der Waals surface area contributed by atoms with Crippen LogP contribution in [0, 0.1) is 3.57 Å². The van der Waals surface area contributed by atoms with E-state index in [0.717, 1.165) is 3.57 Å². The average molecular weight is 342 g/mol. The van der Waals surface area contributed by atoms with Crippen molar-refractivity contribution >= 4 is 28.6 Å². The van der Waals surface area contributed by atoms with Crippen molar-refractivity contribution in [3.05, 3.63) is 45.7 Å². The Labute approximate surface area is 111 Å². The predicted molar refractivity (Wildman–Crippen MR) is 68.2 cm³/mol. The molecule has 5 nitrogen and oxygen atoms in total. The zero-order valence-corrected chi connectivity index (χ0v) is 10.7. The Kier molecular flexibility index (Phi) is 3.52. The number of carboxylic acids is 1. The molecule has 0 spiro atoms. The van der Waals surface area contributed by atoms with Gasteiger partial charge in [0.05, 0.1) is 9.13 Å². The van der Waals surface area contributed by atoms with Crippen molar-refractivity contribution in [2.75, 3.05) is 0 Å². The van der Waals surface area contributed by atoms with Gasteiger partial charge < -0.3 is 9.84 Å². The summed E-state index contributed by atoms with van der Waals surface area (Å²) in [6, 6.07) is 7.99. The summed E-state index contributed by atoms with van der Waals surface area (Å²) in [5.41, 5.74) is 0.171. The lowest BCUT2D eigenvalue weighted by Crippen LogP contribution is -1.98. The highest BCUT2D eigenvalue weighted by atomic mass is 127. The van der Waals surface area contributed by atoms with Crippen LogP contribution in [0.2, 0.25) is 0 Å². The number of aromatic nitrogens is 2. The normalized spacial score (nSPS) is 9.94. The molecule has 6 heteroatoms. The lowest BCUT2D eigenvalue weighted by atomic mass is 10.2. The number of hydrogen-bond acceptors (Lipinski definition) is 4. The fourth-order valence-electron chi connectivity index (χ4n) is 1.17. The first kappa shape index (κ1) is 11.8. The van der Waals surface area contributed by atoms with Gasteiger partial charge in [-0.15, -0.1) is 5.10 Å². The third-order valence-corrected chi connectivity index (χ3v) is 2.83. The van der Waals surface area contributed by atoms with E-state index in [1.54, 1.807) is 18.2 Å². The molecule has 0 amide bonds. The molecule has 2 rings (SSSR count). The standard InChI is InChI=1S/C11H7IN2O3/c12-8-4-3-7(11(15)16)6-9(8)17-10-2-1-5-13-14-10/h1-6H,(H,15,16). The Morgan fingerprint density at radius 3 is 2.82 bits per heavy atom. The average Bonchev–Trinajstić information content (AvgIpc) is 2.33. The molecule has 17 heavy (non-hydrogen) atoms. The van der Waals surface area contributed by atoms with Crippen molar-refractivity contribution in [3.8, 4) is 11.6 Å². The zero-order valence-electron chi connectivity index (χ0n) is 8.50. The third kappa shape index (κ3) is 2.90. The molecule has 1 heterocycles. The Bertz CT molecular complexity index is 546. The second-order valence-corrected chi connectivity index (χ2v) is 4.28. The van der Waals surface area contributed by atoms with E-state index in [1.807, 2.05) is 0 Å². The van der Waals surface area contributed by atoms with E-state index in [-0.39, 0.29) is 5.56 Å². The van der Waals surface area contributed by atoms with Gasteiger partial charge in [0.2, 0.25) is 5.88 Å². The maximum Gasteiger partial charge on any atom is 0.335 e. The number of halogens is 1. The van der Waals surface area contributed by atoms with Gasteiger partial charge in [0.25, 0.3) is 0 Å². The largest absolute Gasteiger partial charge is 0.478 e. The molecular weight excluding hydrogens is 335 g/mol. The molecule has 1 aromatic carbocycles. The van der Waals surface area contributed by atoms with Crippen molar-refractivity contribution in [1.29, 1.82) is 0 Å². The minimum Gasteiger partial charge on any atom is -0.478 e. The van der Waals surface area contributed by atoms with Crippen molar-refractivity contribution in [2.24, 2.45) is 0 Å². The number of aromatic carboxylic acids is 1. The minimum absolute atomic E-state index is 0.171. The third-order valence-electron chi connectivity index (χ3n) is 1.94. The summed E-state index contributed by atoms with van der Waals surface area (Å²) in [4.78, 5) is 10.8. The summed E-state index contributed by atoms with van der Waals surface area (Å²) in [6.45, 7) is 0. The number of benzene rings is 1. The molecule has 0 saturated heterocycles. The van der Waals surface area contributed by atoms with Crippen LogP contribution in [-0.4, -0.2) is 21.3 Å². The number of nitrogens with zero attached hydrogens (tertiary/aromatic N) is 2. The van der Waals surface area contributed by atoms with Gasteiger partial charge in [-0.05, 0) is 46.9 Å². The van der Waals surface area contributed by atoms with Crippen LogP contribution in [0.25, 0.3) is 0 Å². The Morgan fingerprint density at radius 1 is 1.35 bits per heavy atom. The first-order valence-corrected chi connectivity index (χ1v) is 5.73. The highest BCUT2D eigenvalue weighted by molar-refractivity contribution is 14.1. The number of carbonyl (C=O) groups is 1. The molecule has 0 fully saturated rings. The summed E-state index contributed by atoms with van der Waals surface area (Å²) in [6.07, 6.45) is 1.53. The van der Waals surface area contributed by atoms with Gasteiger partial charge in [-0.3, -0.25) is 0 Å². The van der Waals surface area contributed by atoms with Gasteiger partial charge in [-0.1, -0.05) is 0 Å². The highest BCUT2D eigenvalue weighted by Crippen LogP contribution is 2.26. The Balaban J connectivity index is 2.32. The molecule has 1 N–H and O–H groups in total. The predicted octanol–water partition coefficient (Wildman–Crippen LogP) is 2.57. The summed E-state index contributed by atoms with van der Waals surface area (Å²) < 4.78 is 6.26. The smallest absolute Gasteiger partial charge is 0.335 e. The fourth-order valence-corrected chi connectivity index (χ4v) is 1.61. The van der Waals surface area contributed by atoms with Crippen LogP contribution < -0.4 is 4.74 Å². The van der Waals surface area contributed by atoms with Crippen LogP contribution >= 0.6 is 22.6 Å². The highest BCUT2D eigenvalue weighted by Gasteiger charge is 2.09. The topological polar surface area (TPSA) is 72.3 Å². The van der Waals surface area contributed by atoms with Gasteiger partial charge in [0, 0.05) is 12.3 Å². The van der Waals surface area contributed by atoms with Crippen molar-refractivity contribution in [2.45, 2.75) is 0 Å². The Hall–Kier alpha value is -1.70. The molecule has 0 aliphatic carbocycles. The molecule has 1 aromatic heterocycles. The van der Waals surface area contributed by atoms with Crippen LogP contribution in [0.4, 0.5) is 0 Å². The first-order chi connectivity index (χ1) is 8.16. The molecule has 0 saturated carbocycles. The fraction of sp³-hybridized carbons (Fsp3) is 0. The summed E-state index contributed by atoms with van der Waals surface area (Å²) in [5, 5.41) is 16.3. The van der Waals surface area contributed by atoms with Crippen LogP contribution in [0.15, 0.2) is 36.5 Å². The molecular formula is C11H7IN2O3. The molecule has 86 valence electrons. The lowest BCUT2D eigenvalue weighted by molar-refractivity contribution is 0.0696. The van der Waals surface area contributed by atoms with Gasteiger partial charge in [-0.25, -0.2) is 4.79 Å². The number of hydrogen-bond donors (Lipinski definition) is 1. The van der Waals surface area contributed by atoms with Gasteiger partial charge in [0.1, 0.15) is 5.75 Å². The quantitative estimate of drug-likeness (QED) is 0.868. The zero-order chi connectivity index (χ0) is 12.3. The monoisotopic (exact) mass is 342 g/mol. The van der Waals surface area contributed by atoms with Gasteiger partial charge in [-0.2, -0.15) is 5.10 Å². The molecule has 0 aliphatic rings. The van der Waals surface area contributed by atoms with E-state index in [9.17, 15) is 4.79 Å². The maximum atomic E-state index is 10.8. The van der Waals surface area contributed by atoms with Crippen molar-refractivity contribution < 1.29 is 14.6 Å². The van der Waals surface area contributed by atoms with Crippen LogP contribution in [0.3, 0.4) is 0 Å². The van der Waals surface area contributed by atoms with Crippen LogP contribution in [0.5, 0.6) is 11.6 Å². The molecule has 0 unspecified atom stereocenters. The van der Waals surface area contributed by atoms with E-state index >= 15 is 0 Å². The number of ether oxygens (including phenoxy) is 1. The second-order valence-electron chi connectivity index (χ2n) is 3.11. The van der Waals surface area contributed by atoms with E-state index in [4.69, 9.17) is 9.84 Å². The SMILES string of the molecule is O=C(O)c1ccc(I)c(Oc2cccnn2)c1. The molecule has 2 aromatic rings. The van der Waals surface area contributed by atoms with E-state index in [1.165, 1.54) is 18.3 Å². The lowest BCUT2D eigenvalue weighted by Gasteiger charge is -2.06. The minimum atomic E-state index is -0.995. The first-order valence-electron chi connectivity index (χ1n) is 4.65. The molecule has 0 aliphatic heterocycles. The Morgan fingerprint density at radius 2 is 2.18 bits per heavy atom. The van der Waals surface area contributed by atoms with E-state index < -0.39 is 5.97 Å². The van der Waals surface area contributed by atoms with E-state index in [2.05, 4.69) is 32.8 Å². The number of rotatable bonds is 3. The van der Waals surface area contributed by atoms with Gasteiger partial charge in [0.15, 0.2) is 0 Å². The number of carboxylic acid groups (broad SMARTS) is 1. The van der Waals surface area contributed by atoms with Crippen LogP contribution in [-0.2, 0) is 0 Å². The van der Waals surface area contributed by atoms with E-state index in [0.29, 0.717) is 11.6 Å². The molecule has 0 atom stereocenters. The van der Waals surface area contributed by atoms with Crippen molar-refractivity contribution in [3.63, 3.8) is 0 Å². The summed E-state index contributed by atoms with van der Waals surface area (Å²) in [7, 11) is 0. The maximum absolute atomic E-state index is 10.8. The molecule has 0 bridgehead atoms. The molecule has 0 radical (unpaired) electrons. The summed E-state index contributed by atoms with van der Waals surface area (Å²) >= 11 is 2.06. The van der Waals surface area contributed by atoms with Gasteiger partial charge >= 0.3 is 5.97 Å². The summed E-state index contributed by atoms with van der Waals surface area (Å²) in [5.74, 6) is -0.218. The second kappa shape index (κ2) is 5.09.